The highest BCUT2D eigenvalue weighted by Gasteiger charge is 2.34. The first-order valence-corrected chi connectivity index (χ1v) is 10.4. The number of aryl methyl sites for hydroxylation is 1. The molecule has 1 unspecified atom stereocenters. The van der Waals surface area contributed by atoms with Crippen LogP contribution in [-0.4, -0.2) is 36.0 Å². The highest BCUT2D eigenvalue weighted by Crippen LogP contribution is 2.30. The molecular formula is C22H17ClF4N6O2. The van der Waals surface area contributed by atoms with Crippen molar-refractivity contribution in [2.24, 2.45) is 7.05 Å². The molecule has 0 saturated carbocycles. The van der Waals surface area contributed by atoms with Gasteiger partial charge in [0.1, 0.15) is 11.6 Å². The third-order valence-corrected chi connectivity index (χ3v) is 5.45. The van der Waals surface area contributed by atoms with Crippen LogP contribution in [0.2, 0.25) is 5.02 Å². The normalized spacial score (nSPS) is 12.5. The van der Waals surface area contributed by atoms with Crippen LogP contribution in [-0.2, 0) is 13.2 Å². The number of pyridine rings is 1. The number of hydrogen-bond acceptors (Lipinski definition) is 6. The van der Waals surface area contributed by atoms with Gasteiger partial charge in [-0.2, -0.15) is 18.3 Å². The average Bonchev–Trinajstić information content (AvgIpc) is 3.18. The fraction of sp³-hybridized carbons (Fsp3) is 0.182. The van der Waals surface area contributed by atoms with E-state index in [2.05, 4.69) is 20.4 Å². The van der Waals surface area contributed by atoms with Gasteiger partial charge >= 0.3 is 6.18 Å². The molecule has 0 radical (unpaired) electrons. The van der Waals surface area contributed by atoms with Crippen molar-refractivity contribution >= 4 is 23.4 Å². The van der Waals surface area contributed by atoms with E-state index in [1.165, 1.54) is 48.3 Å². The third kappa shape index (κ3) is 5.17. The molecule has 4 aromatic rings. The summed E-state index contributed by atoms with van der Waals surface area (Å²) in [6.45, 7) is -0.466. The Hall–Kier alpha value is -3.77. The van der Waals surface area contributed by atoms with Gasteiger partial charge in [-0.15, -0.1) is 0 Å². The van der Waals surface area contributed by atoms with Crippen LogP contribution >= 0.6 is 11.6 Å². The highest BCUT2D eigenvalue weighted by molar-refractivity contribution is 6.30. The van der Waals surface area contributed by atoms with Gasteiger partial charge in [-0.1, -0.05) is 17.7 Å². The molecule has 0 saturated heterocycles. The number of aromatic nitrogens is 5. The van der Waals surface area contributed by atoms with E-state index in [-0.39, 0.29) is 16.8 Å². The predicted molar refractivity (Wildman–Crippen MR) is 120 cm³/mol. The van der Waals surface area contributed by atoms with E-state index in [9.17, 15) is 27.5 Å². The molecule has 3 aromatic heterocycles. The minimum Gasteiger partial charge on any atom is -0.394 e. The van der Waals surface area contributed by atoms with Crippen LogP contribution in [0.4, 0.5) is 29.3 Å². The Labute approximate surface area is 200 Å². The predicted octanol–water partition coefficient (Wildman–Crippen LogP) is 4.18. The lowest BCUT2D eigenvalue weighted by Gasteiger charge is -2.18. The first-order chi connectivity index (χ1) is 16.6. The molecule has 0 fully saturated rings. The summed E-state index contributed by atoms with van der Waals surface area (Å²) < 4.78 is 54.8. The van der Waals surface area contributed by atoms with E-state index in [1.807, 2.05) is 0 Å². The van der Waals surface area contributed by atoms with Crippen molar-refractivity contribution in [3.05, 3.63) is 87.3 Å². The summed E-state index contributed by atoms with van der Waals surface area (Å²) in [6, 6.07) is 8.33. The second-order valence-corrected chi connectivity index (χ2v) is 7.87. The standard InChI is InChI=1S/C22H17ClF4N6O2/c1-32-19(10-18(31-32)22(25,26)27)30-21-28-6-4-16(29-21)12-5-7-33(20(35)9-12)17(11-34)13-2-3-14(23)15(24)8-13/h2-10,17,34H,11H2,1H3,(H,28,29,30). The zero-order valence-corrected chi connectivity index (χ0v) is 18.7. The maximum atomic E-state index is 13.9. The molecule has 13 heteroatoms. The lowest BCUT2D eigenvalue weighted by Crippen LogP contribution is -2.27. The Kier molecular flexibility index (Phi) is 6.59. The first kappa shape index (κ1) is 24.4. The summed E-state index contributed by atoms with van der Waals surface area (Å²) >= 11 is 5.71. The number of hydrogen-bond donors (Lipinski definition) is 2. The summed E-state index contributed by atoms with van der Waals surface area (Å²) in [5, 5.41) is 15.8. The number of rotatable bonds is 6. The summed E-state index contributed by atoms with van der Waals surface area (Å²) in [5.74, 6) is -0.664. The number of benzene rings is 1. The van der Waals surface area contributed by atoms with E-state index >= 15 is 0 Å². The zero-order valence-electron chi connectivity index (χ0n) is 18.0. The van der Waals surface area contributed by atoms with Crippen LogP contribution in [0.15, 0.2) is 59.7 Å². The number of nitrogens with zero attached hydrogens (tertiary/aromatic N) is 5. The lowest BCUT2D eigenvalue weighted by molar-refractivity contribution is -0.141. The number of aliphatic hydroxyl groups is 1. The Morgan fingerprint density at radius 1 is 1.17 bits per heavy atom. The van der Waals surface area contributed by atoms with Crippen molar-refractivity contribution in [3.63, 3.8) is 0 Å². The smallest absolute Gasteiger partial charge is 0.394 e. The van der Waals surface area contributed by atoms with Crippen molar-refractivity contribution in [3.8, 4) is 11.3 Å². The fourth-order valence-electron chi connectivity index (χ4n) is 3.40. The molecule has 0 aliphatic heterocycles. The first-order valence-electron chi connectivity index (χ1n) is 10.1. The van der Waals surface area contributed by atoms with Gasteiger partial charge in [0.05, 0.1) is 23.4 Å². The van der Waals surface area contributed by atoms with Gasteiger partial charge in [0.25, 0.3) is 5.56 Å². The Morgan fingerprint density at radius 3 is 2.57 bits per heavy atom. The molecule has 3 heterocycles. The Bertz CT molecular complexity index is 1440. The van der Waals surface area contributed by atoms with E-state index in [1.54, 1.807) is 6.07 Å². The van der Waals surface area contributed by atoms with Crippen LogP contribution in [0.5, 0.6) is 0 Å². The SMILES string of the molecule is Cn1nc(C(F)(F)F)cc1Nc1nccc(-c2ccn(C(CO)c3ccc(Cl)c(F)c3)c(=O)c2)n1. The van der Waals surface area contributed by atoms with Crippen molar-refractivity contribution in [2.45, 2.75) is 12.2 Å². The number of alkyl halides is 3. The molecule has 0 spiro atoms. The number of anilines is 2. The number of aliphatic hydroxyl groups excluding tert-OH is 1. The lowest BCUT2D eigenvalue weighted by atomic mass is 10.1. The quantitative estimate of drug-likeness (QED) is 0.379. The van der Waals surface area contributed by atoms with Crippen molar-refractivity contribution in [1.82, 2.24) is 24.3 Å². The molecular weight excluding hydrogens is 492 g/mol. The average molecular weight is 509 g/mol. The molecule has 182 valence electrons. The second-order valence-electron chi connectivity index (χ2n) is 7.46. The van der Waals surface area contributed by atoms with Crippen molar-refractivity contribution in [1.29, 1.82) is 0 Å². The summed E-state index contributed by atoms with van der Waals surface area (Å²) in [6.07, 6.45) is -1.80. The molecule has 0 aliphatic carbocycles. The van der Waals surface area contributed by atoms with Gasteiger partial charge < -0.3 is 15.0 Å². The molecule has 2 N–H and O–H groups in total. The van der Waals surface area contributed by atoms with Gasteiger partial charge in [-0.3, -0.25) is 9.48 Å². The Morgan fingerprint density at radius 2 is 1.94 bits per heavy atom. The van der Waals surface area contributed by atoms with E-state index in [0.717, 1.165) is 16.8 Å². The van der Waals surface area contributed by atoms with Gasteiger partial charge in [0.2, 0.25) is 5.95 Å². The molecule has 4 rings (SSSR count). The minimum atomic E-state index is -4.60. The van der Waals surface area contributed by atoms with Crippen LogP contribution < -0.4 is 10.9 Å². The van der Waals surface area contributed by atoms with Gasteiger partial charge in [-0.25, -0.2) is 14.4 Å². The van der Waals surface area contributed by atoms with Crippen LogP contribution in [0.1, 0.15) is 17.3 Å². The molecule has 0 aliphatic rings. The fourth-order valence-corrected chi connectivity index (χ4v) is 3.51. The molecule has 0 amide bonds. The molecule has 0 bridgehead atoms. The molecule has 8 nitrogen and oxygen atoms in total. The van der Waals surface area contributed by atoms with Gasteiger partial charge in [-0.05, 0) is 29.8 Å². The molecule has 1 aromatic carbocycles. The summed E-state index contributed by atoms with van der Waals surface area (Å²) in [7, 11) is 1.34. The van der Waals surface area contributed by atoms with Crippen LogP contribution in [0.25, 0.3) is 11.3 Å². The third-order valence-electron chi connectivity index (χ3n) is 5.15. The van der Waals surface area contributed by atoms with E-state index < -0.39 is 35.9 Å². The number of nitrogens with one attached hydrogen (secondary N) is 1. The largest absolute Gasteiger partial charge is 0.435 e. The zero-order chi connectivity index (χ0) is 25.3. The minimum absolute atomic E-state index is 0.00622. The number of halogens is 5. The van der Waals surface area contributed by atoms with E-state index in [0.29, 0.717) is 16.8 Å². The monoisotopic (exact) mass is 508 g/mol. The van der Waals surface area contributed by atoms with Crippen LogP contribution in [0.3, 0.4) is 0 Å². The van der Waals surface area contributed by atoms with Gasteiger partial charge in [0, 0.05) is 37.1 Å². The maximum absolute atomic E-state index is 13.9. The second kappa shape index (κ2) is 9.47. The Balaban J connectivity index is 1.61. The summed E-state index contributed by atoms with van der Waals surface area (Å²) in [5.41, 5.74) is -0.486. The van der Waals surface area contributed by atoms with Crippen molar-refractivity contribution < 1.29 is 22.7 Å². The summed E-state index contributed by atoms with van der Waals surface area (Å²) in [4.78, 5) is 21.1. The van der Waals surface area contributed by atoms with E-state index in [4.69, 9.17) is 11.6 Å². The van der Waals surface area contributed by atoms with Gasteiger partial charge in [0.15, 0.2) is 5.69 Å². The molecule has 1 atom stereocenters. The maximum Gasteiger partial charge on any atom is 0.435 e. The highest BCUT2D eigenvalue weighted by atomic mass is 35.5. The topological polar surface area (TPSA) is 97.9 Å². The van der Waals surface area contributed by atoms with Crippen LogP contribution in [0, 0.1) is 5.82 Å². The molecule has 35 heavy (non-hydrogen) atoms. The van der Waals surface area contributed by atoms with Crippen molar-refractivity contribution in [2.75, 3.05) is 11.9 Å².